The molecule has 0 saturated carbocycles. The molecule has 1 saturated heterocycles. The Labute approximate surface area is 152 Å². The first-order chi connectivity index (χ1) is 11.4. The molecular weight excluding hydrogens is 358 g/mol. The van der Waals surface area contributed by atoms with Crippen LogP contribution in [-0.2, 0) is 19.9 Å². The second-order valence-corrected chi connectivity index (χ2v) is 11.7. The van der Waals surface area contributed by atoms with E-state index >= 15 is 0 Å². The summed E-state index contributed by atoms with van der Waals surface area (Å²) in [5.74, 6) is 0.0960. The van der Waals surface area contributed by atoms with Gasteiger partial charge in [0.25, 0.3) is 0 Å². The van der Waals surface area contributed by atoms with Gasteiger partial charge in [0.2, 0.25) is 10.0 Å². The van der Waals surface area contributed by atoms with Gasteiger partial charge >= 0.3 is 0 Å². The van der Waals surface area contributed by atoms with Crippen molar-refractivity contribution in [3.05, 3.63) is 28.3 Å². The van der Waals surface area contributed by atoms with Crippen LogP contribution in [0.4, 0.5) is 0 Å². The molecule has 5 nitrogen and oxygen atoms in total. The Hall–Kier alpha value is -0.920. The van der Waals surface area contributed by atoms with Crippen molar-refractivity contribution in [3.8, 4) is 0 Å². The van der Waals surface area contributed by atoms with Crippen molar-refractivity contribution in [3.63, 3.8) is 0 Å². The molecule has 1 aromatic carbocycles. The van der Waals surface area contributed by atoms with Crippen molar-refractivity contribution in [2.75, 3.05) is 18.1 Å². The Morgan fingerprint density at radius 3 is 2.04 bits per heavy atom. The van der Waals surface area contributed by atoms with Crippen molar-refractivity contribution in [2.45, 2.75) is 58.9 Å². The van der Waals surface area contributed by atoms with Gasteiger partial charge in [-0.1, -0.05) is 19.9 Å². The zero-order valence-electron chi connectivity index (χ0n) is 16.0. The van der Waals surface area contributed by atoms with E-state index in [-0.39, 0.29) is 17.4 Å². The van der Waals surface area contributed by atoms with Crippen molar-refractivity contribution in [1.82, 2.24) is 4.31 Å². The lowest BCUT2D eigenvalue weighted by Crippen LogP contribution is -2.43. The monoisotopic (exact) mass is 387 g/mol. The largest absolute Gasteiger partial charge is 0.243 e. The van der Waals surface area contributed by atoms with Gasteiger partial charge in [-0.2, -0.15) is 4.31 Å². The van der Waals surface area contributed by atoms with Crippen LogP contribution in [0.5, 0.6) is 0 Å². The molecule has 0 aliphatic carbocycles. The third-order valence-electron chi connectivity index (χ3n) is 5.02. The van der Waals surface area contributed by atoms with Crippen LogP contribution in [0.3, 0.4) is 0 Å². The lowest BCUT2D eigenvalue weighted by Gasteiger charge is -2.30. The van der Waals surface area contributed by atoms with E-state index in [0.29, 0.717) is 17.9 Å². The lowest BCUT2D eigenvalue weighted by molar-refractivity contribution is 0.307. The molecule has 0 aromatic heterocycles. The Morgan fingerprint density at radius 1 is 1.12 bits per heavy atom. The second-order valence-electron chi connectivity index (χ2n) is 7.61. The fourth-order valence-electron chi connectivity index (χ4n) is 3.49. The standard InChI is InChI=1S/C18H29NO4S2/c1-12(2)10-19(17-7-8-24(20,21)11-17)25(22,23)18-15(5)13(3)9-14(4)16(18)6/h9,12,17H,7-8,10-11H2,1-6H3/t17-/m0/s1. The Balaban J connectivity index is 2.61. The summed E-state index contributed by atoms with van der Waals surface area (Å²) in [5, 5.41) is 0. The highest BCUT2D eigenvalue weighted by Gasteiger charge is 2.40. The van der Waals surface area contributed by atoms with Gasteiger partial charge in [0, 0.05) is 12.6 Å². The van der Waals surface area contributed by atoms with Crippen LogP contribution in [-0.4, -0.2) is 45.2 Å². The first kappa shape index (κ1) is 20.4. The van der Waals surface area contributed by atoms with Gasteiger partial charge in [-0.15, -0.1) is 0 Å². The summed E-state index contributed by atoms with van der Waals surface area (Å²) in [5.41, 5.74) is 3.37. The van der Waals surface area contributed by atoms with E-state index in [0.717, 1.165) is 22.3 Å². The van der Waals surface area contributed by atoms with Crippen LogP contribution in [0, 0.1) is 33.6 Å². The Kier molecular flexibility index (Phi) is 5.71. The van der Waals surface area contributed by atoms with Crippen molar-refractivity contribution in [1.29, 1.82) is 0 Å². The Morgan fingerprint density at radius 2 is 1.64 bits per heavy atom. The summed E-state index contributed by atoms with van der Waals surface area (Å²) in [7, 11) is -6.93. The van der Waals surface area contributed by atoms with Gasteiger partial charge in [-0.25, -0.2) is 16.8 Å². The van der Waals surface area contributed by atoms with Gasteiger partial charge in [0.05, 0.1) is 16.4 Å². The third-order valence-corrected chi connectivity index (χ3v) is 8.97. The van der Waals surface area contributed by atoms with Crippen molar-refractivity contribution < 1.29 is 16.8 Å². The van der Waals surface area contributed by atoms with E-state index in [1.165, 1.54) is 4.31 Å². The summed E-state index contributed by atoms with van der Waals surface area (Å²) in [6, 6.07) is 1.52. The van der Waals surface area contributed by atoms with Crippen LogP contribution in [0.25, 0.3) is 0 Å². The van der Waals surface area contributed by atoms with E-state index in [1.54, 1.807) is 0 Å². The summed E-state index contributed by atoms with van der Waals surface area (Å²) in [6.45, 7) is 11.7. The summed E-state index contributed by atoms with van der Waals surface area (Å²) in [6.07, 6.45) is 0.372. The van der Waals surface area contributed by atoms with Gasteiger partial charge in [0.15, 0.2) is 9.84 Å². The highest BCUT2D eigenvalue weighted by molar-refractivity contribution is 7.92. The molecule has 0 amide bonds. The molecule has 7 heteroatoms. The molecule has 1 aliphatic heterocycles. The summed E-state index contributed by atoms with van der Waals surface area (Å²) >= 11 is 0. The number of benzene rings is 1. The molecule has 2 rings (SSSR count). The van der Waals surface area contributed by atoms with Gasteiger partial charge in [-0.05, 0) is 62.3 Å². The molecule has 1 aliphatic rings. The van der Waals surface area contributed by atoms with Crippen LogP contribution < -0.4 is 0 Å². The highest BCUT2D eigenvalue weighted by Crippen LogP contribution is 2.32. The SMILES string of the molecule is Cc1cc(C)c(C)c(S(=O)(=O)N(CC(C)C)[C@H]2CCS(=O)(=O)C2)c1C. The molecule has 142 valence electrons. The minimum atomic E-state index is -3.77. The quantitative estimate of drug-likeness (QED) is 0.779. The predicted octanol–water partition coefficient (Wildman–Crippen LogP) is 2.75. The highest BCUT2D eigenvalue weighted by atomic mass is 32.2. The maximum atomic E-state index is 13.5. The zero-order valence-corrected chi connectivity index (χ0v) is 17.6. The molecule has 1 fully saturated rings. The average Bonchev–Trinajstić information content (AvgIpc) is 2.82. The molecule has 1 aromatic rings. The van der Waals surface area contributed by atoms with E-state index in [4.69, 9.17) is 0 Å². The first-order valence-electron chi connectivity index (χ1n) is 8.66. The molecule has 25 heavy (non-hydrogen) atoms. The number of hydrogen-bond donors (Lipinski definition) is 0. The minimum Gasteiger partial charge on any atom is -0.229 e. The molecule has 0 radical (unpaired) electrons. The third kappa shape index (κ3) is 4.09. The van der Waals surface area contributed by atoms with Gasteiger partial charge in [0.1, 0.15) is 0 Å². The number of sulfonamides is 1. The fourth-order valence-corrected chi connectivity index (χ4v) is 7.71. The molecule has 0 unspecified atom stereocenters. The summed E-state index contributed by atoms with van der Waals surface area (Å²) in [4.78, 5) is 0.343. The smallest absolute Gasteiger partial charge is 0.229 e. The van der Waals surface area contributed by atoms with Crippen LogP contribution in [0.2, 0.25) is 0 Å². The average molecular weight is 388 g/mol. The predicted molar refractivity (Wildman–Crippen MR) is 101 cm³/mol. The first-order valence-corrected chi connectivity index (χ1v) is 11.9. The summed E-state index contributed by atoms with van der Waals surface area (Å²) < 4.78 is 52.4. The minimum absolute atomic E-state index is 0.0621. The van der Waals surface area contributed by atoms with E-state index in [1.807, 2.05) is 47.6 Å². The Bertz CT molecular complexity index is 845. The lowest BCUT2D eigenvalue weighted by atomic mass is 10.0. The molecule has 0 N–H and O–H groups in total. The van der Waals surface area contributed by atoms with Crippen LogP contribution >= 0.6 is 0 Å². The number of nitrogens with zero attached hydrogens (tertiary/aromatic N) is 1. The zero-order chi connectivity index (χ0) is 19.2. The molecule has 0 spiro atoms. The topological polar surface area (TPSA) is 71.5 Å². The number of hydrogen-bond acceptors (Lipinski definition) is 4. The number of aryl methyl sites for hydroxylation is 2. The normalized spacial score (nSPS) is 20.6. The molecule has 1 atom stereocenters. The van der Waals surface area contributed by atoms with E-state index < -0.39 is 25.9 Å². The van der Waals surface area contributed by atoms with E-state index in [9.17, 15) is 16.8 Å². The maximum absolute atomic E-state index is 13.5. The number of rotatable bonds is 5. The number of sulfone groups is 1. The molecular formula is C18H29NO4S2. The van der Waals surface area contributed by atoms with Gasteiger partial charge in [-0.3, -0.25) is 0 Å². The molecule has 0 bridgehead atoms. The van der Waals surface area contributed by atoms with Crippen LogP contribution in [0.1, 0.15) is 42.5 Å². The fraction of sp³-hybridized carbons (Fsp3) is 0.667. The van der Waals surface area contributed by atoms with Crippen molar-refractivity contribution in [2.24, 2.45) is 5.92 Å². The van der Waals surface area contributed by atoms with Crippen molar-refractivity contribution >= 4 is 19.9 Å². The van der Waals surface area contributed by atoms with Crippen LogP contribution in [0.15, 0.2) is 11.0 Å². The maximum Gasteiger partial charge on any atom is 0.243 e. The van der Waals surface area contributed by atoms with Gasteiger partial charge < -0.3 is 0 Å². The molecule has 1 heterocycles. The van der Waals surface area contributed by atoms with E-state index in [2.05, 4.69) is 0 Å². The second kappa shape index (κ2) is 7.00.